The Morgan fingerprint density at radius 3 is 2.21 bits per heavy atom. The smallest absolute Gasteiger partial charge is 0.422 e. The molecule has 0 aromatic heterocycles. The van der Waals surface area contributed by atoms with Gasteiger partial charge in [0.1, 0.15) is 11.4 Å². The van der Waals surface area contributed by atoms with Gasteiger partial charge in [0.25, 0.3) is 0 Å². The van der Waals surface area contributed by atoms with Gasteiger partial charge in [0.15, 0.2) is 6.61 Å². The first-order chi connectivity index (χ1) is 13.4. The number of hydrogen-bond donors (Lipinski definition) is 1. The van der Waals surface area contributed by atoms with Gasteiger partial charge in [0.05, 0.1) is 30.9 Å². The molecule has 2 atom stereocenters. The molecule has 2 aliphatic heterocycles. The highest BCUT2D eigenvalue weighted by molar-refractivity contribution is 5.69. The lowest BCUT2D eigenvalue weighted by Crippen LogP contribution is -2.63. The van der Waals surface area contributed by atoms with Crippen molar-refractivity contribution >= 4 is 6.09 Å². The Bertz CT molecular complexity index is 715. The number of nitrogens with zero attached hydrogens (tertiary/aromatic N) is 1. The minimum absolute atomic E-state index is 0.0735. The highest BCUT2D eigenvalue weighted by Gasteiger charge is 2.49. The number of benzene rings is 1. The van der Waals surface area contributed by atoms with E-state index < -0.39 is 30.1 Å². The molecule has 6 nitrogen and oxygen atoms in total. The van der Waals surface area contributed by atoms with E-state index >= 15 is 0 Å². The maximum atomic E-state index is 12.6. The van der Waals surface area contributed by atoms with Crippen LogP contribution in [0.25, 0.3) is 0 Å². The van der Waals surface area contributed by atoms with E-state index in [1.165, 1.54) is 12.1 Å². The molecule has 1 N–H and O–H groups in total. The quantitative estimate of drug-likeness (QED) is 0.814. The molecule has 29 heavy (non-hydrogen) atoms. The number of amides is 1. The summed E-state index contributed by atoms with van der Waals surface area (Å²) in [5.74, 6) is 0.0735. The van der Waals surface area contributed by atoms with Gasteiger partial charge in [0, 0.05) is 12.8 Å². The van der Waals surface area contributed by atoms with Gasteiger partial charge in [-0.25, -0.2) is 4.79 Å². The third kappa shape index (κ3) is 5.33. The first-order valence-electron chi connectivity index (χ1n) is 9.48. The lowest BCUT2D eigenvalue weighted by atomic mass is 9.77. The van der Waals surface area contributed by atoms with Gasteiger partial charge >= 0.3 is 12.3 Å². The van der Waals surface area contributed by atoms with Crippen molar-refractivity contribution in [3.05, 3.63) is 29.8 Å². The van der Waals surface area contributed by atoms with E-state index in [4.69, 9.17) is 14.2 Å². The van der Waals surface area contributed by atoms with Crippen molar-refractivity contribution in [1.82, 2.24) is 4.90 Å². The summed E-state index contributed by atoms with van der Waals surface area (Å²) in [6.45, 7) is 4.57. The van der Waals surface area contributed by atoms with Crippen LogP contribution < -0.4 is 4.74 Å². The number of hydrogen-bond acceptors (Lipinski definition) is 5. The molecule has 2 bridgehead atoms. The molecule has 2 aliphatic rings. The monoisotopic (exact) mass is 417 g/mol. The topological polar surface area (TPSA) is 68.2 Å². The Balaban J connectivity index is 1.73. The second-order valence-corrected chi connectivity index (χ2v) is 8.60. The number of carbonyl (C=O) groups excluding carboxylic acids is 1. The van der Waals surface area contributed by atoms with Crippen LogP contribution in [-0.4, -0.2) is 59.8 Å². The molecule has 2 fully saturated rings. The largest absolute Gasteiger partial charge is 0.484 e. The van der Waals surface area contributed by atoms with Crippen molar-refractivity contribution in [3.63, 3.8) is 0 Å². The van der Waals surface area contributed by atoms with Gasteiger partial charge in [-0.1, -0.05) is 12.1 Å². The molecule has 1 aromatic carbocycles. The Labute approximate surface area is 167 Å². The van der Waals surface area contributed by atoms with Gasteiger partial charge < -0.3 is 19.3 Å². The van der Waals surface area contributed by atoms with E-state index in [0.717, 1.165) is 0 Å². The van der Waals surface area contributed by atoms with Crippen LogP contribution in [0.2, 0.25) is 0 Å². The van der Waals surface area contributed by atoms with Gasteiger partial charge in [0.2, 0.25) is 0 Å². The number of fused-ring (bicyclic) bond motifs is 2. The predicted octanol–water partition coefficient (Wildman–Crippen LogP) is 3.61. The lowest BCUT2D eigenvalue weighted by Gasteiger charge is -2.51. The van der Waals surface area contributed by atoms with Crippen molar-refractivity contribution in [1.29, 1.82) is 0 Å². The molecule has 1 aromatic rings. The summed E-state index contributed by atoms with van der Waals surface area (Å²) in [6, 6.07) is 5.22. The molecule has 162 valence electrons. The third-order valence-corrected chi connectivity index (χ3v) is 4.95. The van der Waals surface area contributed by atoms with Crippen LogP contribution in [0.15, 0.2) is 24.3 Å². The average molecular weight is 417 g/mol. The van der Waals surface area contributed by atoms with Gasteiger partial charge in [-0.15, -0.1) is 0 Å². The zero-order chi connectivity index (χ0) is 21.4. The Hall–Kier alpha value is -2.00. The Kier molecular flexibility index (Phi) is 5.75. The van der Waals surface area contributed by atoms with Crippen LogP contribution in [0.3, 0.4) is 0 Å². The summed E-state index contributed by atoms with van der Waals surface area (Å²) in [6.07, 6.45) is -4.37. The zero-order valence-electron chi connectivity index (χ0n) is 16.7. The molecule has 1 amide bonds. The molecule has 3 rings (SSSR count). The third-order valence-electron chi connectivity index (χ3n) is 4.95. The highest BCUT2D eigenvalue weighted by atomic mass is 19.4. The second kappa shape index (κ2) is 7.68. The normalized spacial score (nSPS) is 27.5. The van der Waals surface area contributed by atoms with Crippen LogP contribution in [-0.2, 0) is 15.1 Å². The van der Waals surface area contributed by atoms with Crippen LogP contribution in [0, 0.1) is 0 Å². The summed E-state index contributed by atoms with van der Waals surface area (Å²) >= 11 is 0. The van der Waals surface area contributed by atoms with Crippen molar-refractivity contribution < 1.29 is 37.3 Å². The van der Waals surface area contributed by atoms with E-state index in [1.54, 1.807) is 37.8 Å². The maximum absolute atomic E-state index is 12.6. The molecule has 2 saturated heterocycles. The highest BCUT2D eigenvalue weighted by Crippen LogP contribution is 2.42. The number of rotatable bonds is 3. The maximum Gasteiger partial charge on any atom is 0.422 e. The standard InChI is InChI=1S/C20H26F3NO5/c1-18(2,3)29-17(25)24-14-8-19(26,9-15(24)11-27-10-14)13-4-6-16(7-5-13)28-12-20(21,22)23/h4-7,14-15,26H,8-12H2,1-3H3. The molecule has 2 unspecified atom stereocenters. The van der Waals surface area contributed by atoms with E-state index in [1.807, 2.05) is 0 Å². The number of alkyl halides is 3. The van der Waals surface area contributed by atoms with E-state index in [2.05, 4.69) is 0 Å². The number of ether oxygens (including phenoxy) is 3. The molecular weight excluding hydrogens is 391 g/mol. The van der Waals surface area contributed by atoms with Crippen molar-refractivity contribution in [2.24, 2.45) is 0 Å². The van der Waals surface area contributed by atoms with E-state index in [0.29, 0.717) is 5.56 Å². The SMILES string of the molecule is CC(C)(C)OC(=O)N1C2COCC1CC(O)(c1ccc(OCC(F)(F)F)cc1)C2. The van der Waals surface area contributed by atoms with Gasteiger partial charge in [-0.2, -0.15) is 13.2 Å². The number of aliphatic hydroxyl groups is 1. The Morgan fingerprint density at radius 1 is 1.17 bits per heavy atom. The van der Waals surface area contributed by atoms with E-state index in [-0.39, 0.29) is 43.9 Å². The average Bonchev–Trinajstić information content (AvgIpc) is 2.57. The lowest BCUT2D eigenvalue weighted by molar-refractivity contribution is -0.153. The van der Waals surface area contributed by atoms with Crippen LogP contribution in [0.4, 0.5) is 18.0 Å². The minimum atomic E-state index is -4.41. The van der Waals surface area contributed by atoms with Crippen molar-refractivity contribution in [2.45, 2.75) is 63.1 Å². The number of morpholine rings is 1. The van der Waals surface area contributed by atoms with Gasteiger partial charge in [-0.3, -0.25) is 4.90 Å². The first-order valence-corrected chi connectivity index (χ1v) is 9.48. The van der Waals surface area contributed by atoms with Crippen LogP contribution >= 0.6 is 0 Å². The Morgan fingerprint density at radius 2 is 1.72 bits per heavy atom. The summed E-state index contributed by atoms with van der Waals surface area (Å²) < 4.78 is 52.7. The fourth-order valence-corrected chi connectivity index (χ4v) is 3.85. The first kappa shape index (κ1) is 21.7. The summed E-state index contributed by atoms with van der Waals surface area (Å²) in [7, 11) is 0. The molecule has 2 heterocycles. The minimum Gasteiger partial charge on any atom is -0.484 e. The summed E-state index contributed by atoms with van der Waals surface area (Å²) in [4.78, 5) is 14.3. The summed E-state index contributed by atoms with van der Waals surface area (Å²) in [5, 5.41) is 11.3. The summed E-state index contributed by atoms with van der Waals surface area (Å²) in [5.41, 5.74) is -1.29. The molecule has 9 heteroatoms. The van der Waals surface area contributed by atoms with Crippen LogP contribution in [0.1, 0.15) is 39.2 Å². The second-order valence-electron chi connectivity index (χ2n) is 8.60. The molecule has 0 spiro atoms. The number of piperidine rings is 1. The molecule has 0 saturated carbocycles. The van der Waals surface area contributed by atoms with Crippen LogP contribution in [0.5, 0.6) is 5.75 Å². The predicted molar refractivity (Wildman–Crippen MR) is 97.6 cm³/mol. The molecular formula is C20H26F3NO5. The van der Waals surface area contributed by atoms with Gasteiger partial charge in [-0.05, 0) is 38.5 Å². The number of carbonyl (C=O) groups is 1. The zero-order valence-corrected chi connectivity index (χ0v) is 16.7. The fraction of sp³-hybridized carbons (Fsp3) is 0.650. The molecule has 0 aliphatic carbocycles. The van der Waals surface area contributed by atoms with Crippen molar-refractivity contribution in [2.75, 3.05) is 19.8 Å². The molecule has 0 radical (unpaired) electrons. The number of halogens is 3. The van der Waals surface area contributed by atoms with E-state index in [9.17, 15) is 23.1 Å². The van der Waals surface area contributed by atoms with Crippen molar-refractivity contribution in [3.8, 4) is 5.75 Å². The fourth-order valence-electron chi connectivity index (χ4n) is 3.85.